The molecule has 0 aliphatic carbocycles. The van der Waals surface area contributed by atoms with Gasteiger partial charge in [-0.15, -0.1) is 0 Å². The van der Waals surface area contributed by atoms with E-state index < -0.39 is 11.9 Å². The Morgan fingerprint density at radius 3 is 2.32 bits per heavy atom. The largest absolute Gasteiger partial charge is 0.460 e. The quantitative estimate of drug-likeness (QED) is 0.553. The van der Waals surface area contributed by atoms with Crippen molar-refractivity contribution in [3.05, 3.63) is 48.0 Å². The molecule has 2 amide bonds. The first-order chi connectivity index (χ1) is 11.9. The molecule has 0 fully saturated rings. The van der Waals surface area contributed by atoms with Crippen LogP contribution in [0, 0.1) is 0 Å². The Balaban J connectivity index is 2.23. The first kappa shape index (κ1) is 20.2. The van der Waals surface area contributed by atoms with Gasteiger partial charge in [-0.05, 0) is 26.3 Å². The van der Waals surface area contributed by atoms with Crippen molar-refractivity contribution < 1.29 is 23.9 Å². The van der Waals surface area contributed by atoms with Crippen molar-refractivity contribution in [3.8, 4) is 0 Å². The summed E-state index contributed by atoms with van der Waals surface area (Å²) < 4.78 is 9.79. The zero-order chi connectivity index (χ0) is 18.7. The number of nitrogens with one attached hydrogen (secondary N) is 2. The highest BCUT2D eigenvalue weighted by Crippen LogP contribution is 1.97. The molecule has 7 nitrogen and oxygen atoms in total. The van der Waals surface area contributed by atoms with Gasteiger partial charge in [0.25, 0.3) is 0 Å². The van der Waals surface area contributed by atoms with Crippen LogP contribution in [0.15, 0.2) is 42.5 Å². The Morgan fingerprint density at radius 2 is 1.68 bits per heavy atom. The number of esters is 2. The molecule has 0 bridgehead atoms. The molecule has 7 heteroatoms. The lowest BCUT2D eigenvalue weighted by molar-refractivity contribution is -0.143. The van der Waals surface area contributed by atoms with E-state index in [0.29, 0.717) is 6.54 Å². The van der Waals surface area contributed by atoms with E-state index in [9.17, 15) is 14.4 Å². The highest BCUT2D eigenvalue weighted by Gasteiger charge is 2.09. The van der Waals surface area contributed by atoms with Crippen LogP contribution in [0.1, 0.15) is 26.3 Å². The summed E-state index contributed by atoms with van der Waals surface area (Å²) >= 11 is 0. The van der Waals surface area contributed by atoms with E-state index in [2.05, 4.69) is 10.6 Å². The van der Waals surface area contributed by atoms with E-state index in [4.69, 9.17) is 9.47 Å². The SMILES string of the molecule is CC(COC(=O)/C=C/C(=O)OC(C)C)NC(=O)NCc1ccccc1. The Hall–Kier alpha value is -2.83. The molecule has 2 N–H and O–H groups in total. The third-order valence-electron chi connectivity index (χ3n) is 2.86. The fourth-order valence-electron chi connectivity index (χ4n) is 1.76. The number of ether oxygens (including phenoxy) is 2. The second-order valence-corrected chi connectivity index (χ2v) is 5.66. The summed E-state index contributed by atoms with van der Waals surface area (Å²) in [7, 11) is 0. The van der Waals surface area contributed by atoms with Gasteiger partial charge in [0.1, 0.15) is 6.61 Å². The zero-order valence-electron chi connectivity index (χ0n) is 14.7. The number of amides is 2. The van der Waals surface area contributed by atoms with Crippen molar-refractivity contribution in [1.82, 2.24) is 10.6 Å². The third-order valence-corrected chi connectivity index (χ3v) is 2.86. The van der Waals surface area contributed by atoms with Crippen LogP contribution in [0.2, 0.25) is 0 Å². The van der Waals surface area contributed by atoms with Crippen LogP contribution in [0.4, 0.5) is 4.79 Å². The van der Waals surface area contributed by atoms with Crippen molar-refractivity contribution in [3.63, 3.8) is 0 Å². The first-order valence-electron chi connectivity index (χ1n) is 8.00. The average Bonchev–Trinajstić information content (AvgIpc) is 2.56. The van der Waals surface area contributed by atoms with Crippen molar-refractivity contribution in [2.75, 3.05) is 6.61 Å². The Morgan fingerprint density at radius 1 is 1.04 bits per heavy atom. The van der Waals surface area contributed by atoms with Crippen LogP contribution in [0.3, 0.4) is 0 Å². The lowest BCUT2D eigenvalue weighted by atomic mass is 10.2. The van der Waals surface area contributed by atoms with Crippen LogP contribution >= 0.6 is 0 Å². The van der Waals surface area contributed by atoms with Gasteiger partial charge in [-0.2, -0.15) is 0 Å². The fourth-order valence-corrected chi connectivity index (χ4v) is 1.76. The molecule has 25 heavy (non-hydrogen) atoms. The first-order valence-corrected chi connectivity index (χ1v) is 8.00. The molecular weight excluding hydrogens is 324 g/mol. The predicted octanol–water partition coefficient (Wildman–Crippen LogP) is 1.93. The van der Waals surface area contributed by atoms with Gasteiger partial charge in [-0.3, -0.25) is 0 Å². The van der Waals surface area contributed by atoms with Gasteiger partial charge in [0, 0.05) is 18.7 Å². The molecule has 0 saturated heterocycles. The summed E-state index contributed by atoms with van der Waals surface area (Å²) in [6.07, 6.45) is 1.74. The van der Waals surface area contributed by atoms with E-state index in [1.807, 2.05) is 30.3 Å². The molecule has 136 valence electrons. The summed E-state index contributed by atoms with van der Waals surface area (Å²) in [4.78, 5) is 34.5. The molecule has 0 aromatic heterocycles. The van der Waals surface area contributed by atoms with Crippen LogP contribution in [0.25, 0.3) is 0 Å². The lowest BCUT2D eigenvalue weighted by Gasteiger charge is -2.14. The molecule has 0 heterocycles. The summed E-state index contributed by atoms with van der Waals surface area (Å²) in [5.41, 5.74) is 0.982. The Bertz CT molecular complexity index is 599. The van der Waals surface area contributed by atoms with Gasteiger partial charge in [0.15, 0.2) is 0 Å². The standard InChI is InChI=1S/C18H24N2O5/c1-13(2)25-17(22)10-9-16(21)24-12-14(3)20-18(23)19-11-15-7-5-4-6-8-15/h4-10,13-14H,11-12H2,1-3H3,(H2,19,20,23)/b10-9+. The minimum absolute atomic E-state index is 0.0127. The van der Waals surface area contributed by atoms with Crippen LogP contribution in [-0.2, 0) is 25.6 Å². The van der Waals surface area contributed by atoms with Gasteiger partial charge in [0.05, 0.1) is 12.1 Å². The molecule has 1 rings (SSSR count). The average molecular weight is 348 g/mol. The van der Waals surface area contributed by atoms with E-state index >= 15 is 0 Å². The maximum atomic E-state index is 11.8. The van der Waals surface area contributed by atoms with E-state index in [1.165, 1.54) is 0 Å². The number of carbonyl (C=O) groups is 3. The monoisotopic (exact) mass is 348 g/mol. The molecule has 0 spiro atoms. The van der Waals surface area contributed by atoms with Crippen molar-refractivity contribution in [1.29, 1.82) is 0 Å². The Labute approximate surface area is 147 Å². The molecular formula is C18H24N2O5. The van der Waals surface area contributed by atoms with Gasteiger partial charge in [-0.25, -0.2) is 14.4 Å². The number of urea groups is 1. The van der Waals surface area contributed by atoms with Crippen molar-refractivity contribution in [2.45, 2.75) is 39.5 Å². The third kappa shape index (κ3) is 9.80. The maximum absolute atomic E-state index is 11.8. The molecule has 1 aromatic rings. The highest BCUT2D eigenvalue weighted by molar-refractivity contribution is 5.91. The minimum Gasteiger partial charge on any atom is -0.460 e. The second-order valence-electron chi connectivity index (χ2n) is 5.66. The van der Waals surface area contributed by atoms with Crippen molar-refractivity contribution in [2.24, 2.45) is 0 Å². The lowest BCUT2D eigenvalue weighted by Crippen LogP contribution is -2.42. The van der Waals surface area contributed by atoms with Crippen molar-refractivity contribution >= 4 is 18.0 Å². The van der Waals surface area contributed by atoms with Gasteiger partial charge in [0.2, 0.25) is 0 Å². The number of carbonyl (C=O) groups excluding carboxylic acids is 3. The summed E-state index contributed by atoms with van der Waals surface area (Å²) in [5, 5.41) is 5.36. The van der Waals surface area contributed by atoms with Crippen LogP contribution in [0.5, 0.6) is 0 Å². The number of rotatable bonds is 8. The molecule has 0 saturated carbocycles. The molecule has 0 aliphatic rings. The molecule has 0 radical (unpaired) electrons. The highest BCUT2D eigenvalue weighted by atomic mass is 16.5. The van der Waals surface area contributed by atoms with E-state index in [1.54, 1.807) is 20.8 Å². The van der Waals surface area contributed by atoms with Gasteiger partial charge in [-0.1, -0.05) is 30.3 Å². The normalized spacial score (nSPS) is 11.8. The number of hydrogen-bond acceptors (Lipinski definition) is 5. The second kappa shape index (κ2) is 10.9. The zero-order valence-corrected chi connectivity index (χ0v) is 14.7. The Kier molecular flexibility index (Phi) is 8.78. The summed E-state index contributed by atoms with van der Waals surface area (Å²) in [6.45, 7) is 5.51. The van der Waals surface area contributed by atoms with Crippen LogP contribution < -0.4 is 10.6 Å². The molecule has 1 unspecified atom stereocenters. The predicted molar refractivity (Wildman–Crippen MR) is 92.6 cm³/mol. The topological polar surface area (TPSA) is 93.7 Å². The van der Waals surface area contributed by atoms with Gasteiger partial charge >= 0.3 is 18.0 Å². The molecule has 1 atom stereocenters. The maximum Gasteiger partial charge on any atom is 0.331 e. The molecule has 1 aromatic carbocycles. The minimum atomic E-state index is -0.681. The van der Waals surface area contributed by atoms with Gasteiger partial charge < -0.3 is 20.1 Å². The summed E-state index contributed by atoms with van der Waals surface area (Å²) in [6, 6.07) is 8.75. The number of benzene rings is 1. The fraction of sp³-hybridized carbons (Fsp3) is 0.389. The van der Waals surface area contributed by atoms with E-state index in [0.717, 1.165) is 17.7 Å². The van der Waals surface area contributed by atoms with E-state index in [-0.39, 0.29) is 24.8 Å². The number of hydrogen-bond donors (Lipinski definition) is 2. The smallest absolute Gasteiger partial charge is 0.331 e. The van der Waals surface area contributed by atoms with Crippen LogP contribution in [-0.4, -0.2) is 36.7 Å². The molecule has 0 aliphatic heterocycles. The summed E-state index contributed by atoms with van der Waals surface area (Å²) in [5.74, 6) is -1.29.